The van der Waals surface area contributed by atoms with Gasteiger partial charge in [-0.2, -0.15) is 4.31 Å². The van der Waals surface area contributed by atoms with Gasteiger partial charge in [-0.15, -0.1) is 0 Å². The molecular formula is C13H20N4O3S. The van der Waals surface area contributed by atoms with Gasteiger partial charge in [0.05, 0.1) is 12.3 Å². The number of nitrogens with two attached hydrogens (primary N) is 1. The Hall–Kier alpha value is -1.51. The van der Waals surface area contributed by atoms with E-state index in [4.69, 9.17) is 5.73 Å². The number of pyridine rings is 1. The van der Waals surface area contributed by atoms with E-state index in [2.05, 4.69) is 10.3 Å². The summed E-state index contributed by atoms with van der Waals surface area (Å²) in [6, 6.07) is 3.37. The minimum atomic E-state index is -3.53. The number of amides is 1. The SMILES string of the molecule is NC(=O)CN(C1CCNC1)S(=O)(=O)CCc1ccncc1. The molecule has 0 aliphatic carbocycles. The number of primary amides is 1. The Kier molecular flexibility index (Phi) is 5.27. The first-order chi connectivity index (χ1) is 9.99. The summed E-state index contributed by atoms with van der Waals surface area (Å²) in [5.74, 6) is -0.671. The molecule has 1 unspecified atom stereocenters. The zero-order valence-corrected chi connectivity index (χ0v) is 12.6. The molecule has 3 N–H and O–H groups in total. The number of aryl methyl sites for hydroxylation is 1. The summed E-state index contributed by atoms with van der Waals surface area (Å²) in [6.45, 7) is 1.05. The highest BCUT2D eigenvalue weighted by Gasteiger charge is 2.32. The van der Waals surface area contributed by atoms with Crippen molar-refractivity contribution in [2.45, 2.75) is 18.9 Å². The van der Waals surface area contributed by atoms with Gasteiger partial charge in [0.15, 0.2) is 0 Å². The Morgan fingerprint density at radius 1 is 1.43 bits per heavy atom. The van der Waals surface area contributed by atoms with Gasteiger partial charge in [-0.3, -0.25) is 9.78 Å². The molecule has 1 aromatic rings. The number of sulfonamides is 1. The number of aromatic nitrogens is 1. The predicted molar refractivity (Wildman–Crippen MR) is 78.9 cm³/mol. The van der Waals surface area contributed by atoms with Crippen LogP contribution in [0.25, 0.3) is 0 Å². The van der Waals surface area contributed by atoms with Crippen molar-refractivity contribution in [3.8, 4) is 0 Å². The second-order valence-corrected chi connectivity index (χ2v) is 7.12. The highest BCUT2D eigenvalue weighted by molar-refractivity contribution is 7.89. The number of hydrogen-bond donors (Lipinski definition) is 2. The highest BCUT2D eigenvalue weighted by Crippen LogP contribution is 2.15. The smallest absolute Gasteiger partial charge is 0.232 e. The van der Waals surface area contributed by atoms with Gasteiger partial charge < -0.3 is 11.1 Å². The molecule has 1 aliphatic rings. The third-order valence-electron chi connectivity index (χ3n) is 3.51. The molecule has 7 nitrogen and oxygen atoms in total. The van der Waals surface area contributed by atoms with Crippen molar-refractivity contribution in [2.24, 2.45) is 5.73 Å². The quantitative estimate of drug-likeness (QED) is 0.679. The number of hydrogen-bond acceptors (Lipinski definition) is 5. The first-order valence-electron chi connectivity index (χ1n) is 6.86. The number of nitrogens with zero attached hydrogens (tertiary/aromatic N) is 2. The van der Waals surface area contributed by atoms with Crippen LogP contribution in [0.3, 0.4) is 0 Å². The van der Waals surface area contributed by atoms with Crippen molar-refractivity contribution in [3.63, 3.8) is 0 Å². The van der Waals surface area contributed by atoms with Crippen LogP contribution in [0.5, 0.6) is 0 Å². The summed E-state index contributed by atoms with van der Waals surface area (Å²) in [7, 11) is -3.53. The number of nitrogens with one attached hydrogen (secondary N) is 1. The Morgan fingerprint density at radius 2 is 2.14 bits per heavy atom. The van der Waals surface area contributed by atoms with Gasteiger partial charge in [0.1, 0.15) is 0 Å². The maximum absolute atomic E-state index is 12.5. The Labute approximate surface area is 124 Å². The van der Waals surface area contributed by atoms with Crippen LogP contribution in [0.2, 0.25) is 0 Å². The third-order valence-corrected chi connectivity index (χ3v) is 5.37. The fraction of sp³-hybridized carbons (Fsp3) is 0.538. The van der Waals surface area contributed by atoms with E-state index in [-0.39, 0.29) is 18.3 Å². The van der Waals surface area contributed by atoms with E-state index in [9.17, 15) is 13.2 Å². The normalized spacial score (nSPS) is 19.0. The Morgan fingerprint density at radius 3 is 2.71 bits per heavy atom. The van der Waals surface area contributed by atoms with Gasteiger partial charge in [0.2, 0.25) is 15.9 Å². The van der Waals surface area contributed by atoms with Crippen LogP contribution in [0.4, 0.5) is 0 Å². The lowest BCUT2D eigenvalue weighted by molar-refractivity contribution is -0.118. The van der Waals surface area contributed by atoms with E-state index < -0.39 is 15.9 Å². The van der Waals surface area contributed by atoms with Gasteiger partial charge in [0.25, 0.3) is 0 Å². The standard InChI is InChI=1S/C13H20N4O3S/c14-13(18)10-17(12-3-7-16-9-12)21(19,20)8-4-11-1-5-15-6-2-11/h1-2,5-6,12,16H,3-4,7-10H2,(H2,14,18). The van der Waals surface area contributed by atoms with Crippen LogP contribution < -0.4 is 11.1 Å². The van der Waals surface area contributed by atoms with Crippen LogP contribution in [0.1, 0.15) is 12.0 Å². The summed E-state index contributed by atoms with van der Waals surface area (Å²) in [6.07, 6.45) is 4.34. The topological polar surface area (TPSA) is 105 Å². The monoisotopic (exact) mass is 312 g/mol. The molecule has 1 aliphatic heterocycles. The summed E-state index contributed by atoms with van der Waals surface area (Å²) in [4.78, 5) is 15.1. The molecule has 0 aromatic carbocycles. The van der Waals surface area contributed by atoms with Gasteiger partial charge in [0, 0.05) is 25.0 Å². The molecule has 1 amide bonds. The minimum Gasteiger partial charge on any atom is -0.369 e. The van der Waals surface area contributed by atoms with Crippen molar-refractivity contribution in [1.29, 1.82) is 0 Å². The largest absolute Gasteiger partial charge is 0.369 e. The highest BCUT2D eigenvalue weighted by atomic mass is 32.2. The van der Waals surface area contributed by atoms with Crippen molar-refractivity contribution in [1.82, 2.24) is 14.6 Å². The summed E-state index contributed by atoms with van der Waals surface area (Å²) in [5.41, 5.74) is 6.09. The maximum atomic E-state index is 12.5. The van der Waals surface area contributed by atoms with Crippen LogP contribution in [0, 0.1) is 0 Å². The molecule has 21 heavy (non-hydrogen) atoms. The van der Waals surface area contributed by atoms with E-state index >= 15 is 0 Å². The Balaban J connectivity index is 2.07. The molecule has 2 rings (SSSR count). The van der Waals surface area contributed by atoms with Crippen LogP contribution >= 0.6 is 0 Å². The third kappa shape index (κ3) is 4.48. The second kappa shape index (κ2) is 6.97. The fourth-order valence-corrected chi connectivity index (χ4v) is 4.09. The molecule has 1 saturated heterocycles. The van der Waals surface area contributed by atoms with Gasteiger partial charge in [-0.25, -0.2) is 8.42 Å². The molecule has 0 bridgehead atoms. The van der Waals surface area contributed by atoms with Gasteiger partial charge in [-0.1, -0.05) is 0 Å². The summed E-state index contributed by atoms with van der Waals surface area (Å²) >= 11 is 0. The summed E-state index contributed by atoms with van der Waals surface area (Å²) in [5, 5.41) is 3.11. The van der Waals surface area contributed by atoms with Crippen LogP contribution in [-0.2, 0) is 21.2 Å². The number of carbonyl (C=O) groups excluding carboxylic acids is 1. The molecule has 1 atom stereocenters. The lowest BCUT2D eigenvalue weighted by Gasteiger charge is -2.26. The summed E-state index contributed by atoms with van der Waals surface area (Å²) < 4.78 is 26.2. The van der Waals surface area contributed by atoms with Crippen molar-refractivity contribution in [3.05, 3.63) is 30.1 Å². The molecule has 0 saturated carbocycles. The minimum absolute atomic E-state index is 0.0409. The zero-order chi connectivity index (χ0) is 15.3. The average molecular weight is 312 g/mol. The van der Waals surface area contributed by atoms with E-state index in [1.54, 1.807) is 24.5 Å². The maximum Gasteiger partial charge on any atom is 0.232 e. The fourth-order valence-electron chi connectivity index (χ4n) is 2.41. The molecule has 0 spiro atoms. The number of rotatable bonds is 7. The predicted octanol–water partition coefficient (Wildman–Crippen LogP) is -0.897. The molecule has 116 valence electrons. The second-order valence-electron chi connectivity index (χ2n) is 5.08. The Bertz CT molecular complexity index is 570. The molecule has 8 heteroatoms. The molecule has 2 heterocycles. The van der Waals surface area contributed by atoms with E-state index in [0.717, 1.165) is 12.1 Å². The first-order valence-corrected chi connectivity index (χ1v) is 8.47. The van der Waals surface area contributed by atoms with E-state index in [1.807, 2.05) is 0 Å². The first kappa shape index (κ1) is 15.9. The molecular weight excluding hydrogens is 292 g/mol. The molecule has 0 radical (unpaired) electrons. The van der Waals surface area contributed by atoms with Crippen LogP contribution in [-0.4, -0.2) is 55.0 Å². The van der Waals surface area contributed by atoms with E-state index in [0.29, 0.717) is 19.4 Å². The lowest BCUT2D eigenvalue weighted by Crippen LogP contribution is -2.47. The lowest BCUT2D eigenvalue weighted by atomic mass is 10.2. The van der Waals surface area contributed by atoms with Crippen molar-refractivity contribution in [2.75, 3.05) is 25.4 Å². The van der Waals surface area contributed by atoms with Crippen LogP contribution in [0.15, 0.2) is 24.5 Å². The average Bonchev–Trinajstić information content (AvgIpc) is 2.97. The van der Waals surface area contributed by atoms with Gasteiger partial charge in [-0.05, 0) is 37.1 Å². The number of carbonyl (C=O) groups is 1. The molecule has 1 aromatic heterocycles. The van der Waals surface area contributed by atoms with Gasteiger partial charge >= 0.3 is 0 Å². The molecule has 1 fully saturated rings. The van der Waals surface area contributed by atoms with Crippen molar-refractivity contribution < 1.29 is 13.2 Å². The van der Waals surface area contributed by atoms with Crippen molar-refractivity contribution >= 4 is 15.9 Å². The van der Waals surface area contributed by atoms with E-state index in [1.165, 1.54) is 4.31 Å². The zero-order valence-electron chi connectivity index (χ0n) is 11.7.